The van der Waals surface area contributed by atoms with Gasteiger partial charge in [-0.3, -0.25) is 10.1 Å². The van der Waals surface area contributed by atoms with Crippen molar-refractivity contribution in [3.63, 3.8) is 0 Å². The Balaban J connectivity index is 1.58. The maximum atomic E-state index is 11.8. The molecule has 0 aromatic carbocycles. The molecule has 0 aliphatic carbocycles. The van der Waals surface area contributed by atoms with Gasteiger partial charge in [0.2, 0.25) is 11.6 Å². The zero-order valence-corrected chi connectivity index (χ0v) is 16.0. The van der Waals surface area contributed by atoms with Crippen LogP contribution < -0.4 is 15.1 Å². The fraction of sp³-hybridized carbons (Fsp3) is 0.222. The highest BCUT2D eigenvalue weighted by molar-refractivity contribution is 6.32. The molecular formula is C18H17ClN8O2. The highest BCUT2D eigenvalue weighted by Crippen LogP contribution is 2.35. The maximum absolute atomic E-state index is 11.8. The summed E-state index contributed by atoms with van der Waals surface area (Å²) in [5.41, 5.74) is 0.237. The number of hydrogen-bond acceptors (Lipinski definition) is 9. The predicted molar refractivity (Wildman–Crippen MR) is 110 cm³/mol. The number of nitrogens with one attached hydrogen (secondary N) is 1. The van der Waals surface area contributed by atoms with Gasteiger partial charge >= 0.3 is 5.69 Å². The molecule has 4 heterocycles. The van der Waals surface area contributed by atoms with Crippen LogP contribution in [-0.2, 0) is 0 Å². The zero-order chi connectivity index (χ0) is 20.2. The molecule has 11 heteroatoms. The fourth-order valence-electron chi connectivity index (χ4n) is 3.16. The third kappa shape index (κ3) is 4.02. The highest BCUT2D eigenvalue weighted by Gasteiger charge is 2.29. The second-order valence-electron chi connectivity index (χ2n) is 6.28. The molecular weight excluding hydrogens is 396 g/mol. The van der Waals surface area contributed by atoms with Gasteiger partial charge in [0, 0.05) is 38.6 Å². The number of nitrogens with zero attached hydrogens (tertiary/aromatic N) is 7. The van der Waals surface area contributed by atoms with Gasteiger partial charge in [-0.25, -0.2) is 19.9 Å². The van der Waals surface area contributed by atoms with Crippen molar-refractivity contribution < 1.29 is 4.92 Å². The molecule has 1 fully saturated rings. The monoisotopic (exact) mass is 412 g/mol. The van der Waals surface area contributed by atoms with Crippen LogP contribution in [0.25, 0.3) is 0 Å². The van der Waals surface area contributed by atoms with E-state index in [9.17, 15) is 10.1 Å². The summed E-state index contributed by atoms with van der Waals surface area (Å²) < 4.78 is 0. The zero-order valence-electron chi connectivity index (χ0n) is 15.3. The third-order valence-corrected chi connectivity index (χ3v) is 4.85. The average molecular weight is 413 g/mol. The van der Waals surface area contributed by atoms with Crippen molar-refractivity contribution in [2.75, 3.05) is 41.3 Å². The molecule has 10 nitrogen and oxygen atoms in total. The number of aromatic nitrogens is 4. The summed E-state index contributed by atoms with van der Waals surface area (Å²) in [6.45, 7) is 2.49. The van der Waals surface area contributed by atoms with E-state index in [0.717, 1.165) is 5.82 Å². The Morgan fingerprint density at radius 1 is 0.966 bits per heavy atom. The number of halogens is 1. The van der Waals surface area contributed by atoms with E-state index in [1.807, 2.05) is 23.1 Å². The number of hydrogen-bond donors (Lipinski definition) is 1. The van der Waals surface area contributed by atoms with Crippen LogP contribution >= 0.6 is 11.6 Å². The standard InChI is InChI=1S/C18H17ClN8O2/c19-16-13(4-3-7-21-16)24-17-15(27(28)29)18(23-12-22-17)26-10-8-25(9-11-26)14-5-1-2-6-20-14/h1-7,12H,8-11H2,(H,22,23,24). The summed E-state index contributed by atoms with van der Waals surface area (Å²) in [4.78, 5) is 32.0. The van der Waals surface area contributed by atoms with Crippen molar-refractivity contribution in [3.8, 4) is 0 Å². The highest BCUT2D eigenvalue weighted by atomic mass is 35.5. The Labute approximate surface area is 171 Å². The largest absolute Gasteiger partial charge is 0.353 e. The maximum Gasteiger partial charge on any atom is 0.353 e. The topological polar surface area (TPSA) is 113 Å². The van der Waals surface area contributed by atoms with Gasteiger partial charge in [-0.05, 0) is 24.3 Å². The second kappa shape index (κ2) is 8.23. The molecule has 29 heavy (non-hydrogen) atoms. The minimum Gasteiger partial charge on any atom is -0.353 e. The predicted octanol–water partition coefficient (Wildman–Crippen LogP) is 2.90. The van der Waals surface area contributed by atoms with Crippen LogP contribution in [0.4, 0.5) is 28.8 Å². The molecule has 3 aromatic rings. The quantitative estimate of drug-likeness (QED) is 0.383. The molecule has 0 bridgehead atoms. The van der Waals surface area contributed by atoms with Crippen molar-refractivity contribution in [2.45, 2.75) is 0 Å². The first-order valence-corrected chi connectivity index (χ1v) is 9.29. The van der Waals surface area contributed by atoms with E-state index in [4.69, 9.17) is 11.6 Å². The van der Waals surface area contributed by atoms with Crippen LogP contribution in [0.1, 0.15) is 0 Å². The first-order valence-electron chi connectivity index (χ1n) is 8.91. The number of anilines is 4. The molecule has 0 saturated carbocycles. The van der Waals surface area contributed by atoms with Crippen LogP contribution in [-0.4, -0.2) is 51.0 Å². The molecule has 0 atom stereocenters. The molecule has 0 spiro atoms. The SMILES string of the molecule is O=[N+]([O-])c1c(Nc2cccnc2Cl)ncnc1N1CCN(c2ccccn2)CC1. The number of rotatable bonds is 5. The number of pyridine rings is 2. The Hall–Kier alpha value is -3.53. The Bertz CT molecular complexity index is 1010. The second-order valence-corrected chi connectivity index (χ2v) is 6.64. The van der Waals surface area contributed by atoms with Gasteiger partial charge < -0.3 is 15.1 Å². The van der Waals surface area contributed by atoms with Crippen molar-refractivity contribution in [3.05, 3.63) is 64.3 Å². The van der Waals surface area contributed by atoms with Crippen LogP contribution in [0, 0.1) is 10.1 Å². The molecule has 1 N–H and O–H groups in total. The molecule has 4 rings (SSSR count). The van der Waals surface area contributed by atoms with E-state index in [1.54, 1.807) is 18.3 Å². The average Bonchev–Trinajstić information content (AvgIpc) is 2.76. The van der Waals surface area contributed by atoms with Crippen LogP contribution in [0.2, 0.25) is 5.15 Å². The van der Waals surface area contributed by atoms with Crippen molar-refractivity contribution in [1.29, 1.82) is 0 Å². The van der Waals surface area contributed by atoms with E-state index in [-0.39, 0.29) is 22.5 Å². The molecule has 0 unspecified atom stereocenters. The van der Waals surface area contributed by atoms with Gasteiger partial charge in [0.05, 0.1) is 10.6 Å². The minimum absolute atomic E-state index is 0.0713. The molecule has 3 aromatic heterocycles. The van der Waals surface area contributed by atoms with E-state index in [1.165, 1.54) is 12.5 Å². The summed E-state index contributed by atoms with van der Waals surface area (Å²) in [6.07, 6.45) is 4.59. The minimum atomic E-state index is -0.479. The van der Waals surface area contributed by atoms with Crippen molar-refractivity contribution >= 4 is 40.4 Å². The summed E-state index contributed by atoms with van der Waals surface area (Å²) in [5.74, 6) is 1.23. The Morgan fingerprint density at radius 3 is 2.41 bits per heavy atom. The molecule has 0 amide bonds. The van der Waals surface area contributed by atoms with Gasteiger partial charge in [-0.1, -0.05) is 17.7 Å². The van der Waals surface area contributed by atoms with E-state index in [0.29, 0.717) is 31.9 Å². The third-order valence-electron chi connectivity index (χ3n) is 4.55. The van der Waals surface area contributed by atoms with Gasteiger partial charge in [-0.15, -0.1) is 0 Å². The van der Waals surface area contributed by atoms with Gasteiger partial charge in [0.25, 0.3) is 0 Å². The lowest BCUT2D eigenvalue weighted by Crippen LogP contribution is -2.47. The summed E-state index contributed by atoms with van der Waals surface area (Å²) in [5, 5.41) is 14.9. The smallest absolute Gasteiger partial charge is 0.353 e. The normalized spacial score (nSPS) is 14.0. The van der Waals surface area contributed by atoms with Crippen molar-refractivity contribution in [1.82, 2.24) is 19.9 Å². The lowest BCUT2D eigenvalue weighted by Gasteiger charge is -2.35. The molecule has 1 aliphatic heterocycles. The van der Waals surface area contributed by atoms with E-state index < -0.39 is 4.92 Å². The summed E-state index contributed by atoms with van der Waals surface area (Å²) >= 11 is 6.06. The molecule has 148 valence electrons. The van der Waals surface area contributed by atoms with E-state index >= 15 is 0 Å². The van der Waals surface area contributed by atoms with Crippen LogP contribution in [0.5, 0.6) is 0 Å². The first-order chi connectivity index (χ1) is 14.1. The van der Waals surface area contributed by atoms with Crippen molar-refractivity contribution in [2.24, 2.45) is 0 Å². The van der Waals surface area contributed by atoms with Gasteiger partial charge in [-0.2, -0.15) is 0 Å². The van der Waals surface area contributed by atoms with Crippen LogP contribution in [0.3, 0.4) is 0 Å². The van der Waals surface area contributed by atoms with Gasteiger partial charge in [0.15, 0.2) is 5.15 Å². The first kappa shape index (κ1) is 18.8. The van der Waals surface area contributed by atoms with E-state index in [2.05, 4.69) is 30.2 Å². The number of piperazine rings is 1. The number of nitro groups is 1. The Kier molecular flexibility index (Phi) is 5.34. The Morgan fingerprint density at radius 2 is 1.72 bits per heavy atom. The van der Waals surface area contributed by atoms with Gasteiger partial charge in [0.1, 0.15) is 12.1 Å². The molecule has 0 radical (unpaired) electrons. The lowest BCUT2D eigenvalue weighted by molar-refractivity contribution is -0.383. The fourth-order valence-corrected chi connectivity index (χ4v) is 3.32. The molecule has 1 saturated heterocycles. The van der Waals surface area contributed by atoms with Crippen LogP contribution in [0.15, 0.2) is 49.1 Å². The summed E-state index contributed by atoms with van der Waals surface area (Å²) in [7, 11) is 0. The molecule has 1 aliphatic rings. The summed E-state index contributed by atoms with van der Waals surface area (Å²) in [6, 6.07) is 9.10. The lowest BCUT2D eigenvalue weighted by atomic mass is 10.2.